The van der Waals surface area contributed by atoms with Gasteiger partial charge in [0.2, 0.25) is 5.91 Å². The lowest BCUT2D eigenvalue weighted by atomic mass is 9.99. The summed E-state index contributed by atoms with van der Waals surface area (Å²) in [5.74, 6) is 0.867. The van der Waals surface area contributed by atoms with Crippen LogP contribution in [0.4, 0.5) is 0 Å². The molecule has 15 heavy (non-hydrogen) atoms. The molecule has 2 atom stereocenters. The van der Waals surface area contributed by atoms with E-state index in [0.29, 0.717) is 5.92 Å². The molecule has 2 rings (SSSR count). The zero-order valence-corrected chi connectivity index (χ0v) is 9.53. The van der Waals surface area contributed by atoms with E-state index in [-0.39, 0.29) is 18.1 Å². The molecule has 4 nitrogen and oxygen atoms in total. The van der Waals surface area contributed by atoms with Gasteiger partial charge in [0, 0.05) is 19.8 Å². The molecule has 0 aromatic rings. The summed E-state index contributed by atoms with van der Waals surface area (Å²) in [6.45, 7) is 6.58. The topological polar surface area (TPSA) is 41.6 Å². The van der Waals surface area contributed by atoms with E-state index in [1.807, 2.05) is 11.8 Å². The number of rotatable bonds is 2. The smallest absolute Gasteiger partial charge is 0.240 e. The number of amides is 1. The minimum Gasteiger partial charge on any atom is -0.381 e. The number of hydrogen-bond donors (Lipinski definition) is 1. The largest absolute Gasteiger partial charge is 0.381 e. The highest BCUT2D eigenvalue weighted by Gasteiger charge is 2.34. The Hall–Kier alpha value is -0.610. The van der Waals surface area contributed by atoms with Crippen LogP contribution in [-0.2, 0) is 9.53 Å². The molecule has 86 valence electrons. The second-order valence-electron chi connectivity index (χ2n) is 4.61. The van der Waals surface area contributed by atoms with Crippen molar-refractivity contribution in [3.8, 4) is 0 Å². The maximum atomic E-state index is 11.8. The highest BCUT2D eigenvalue weighted by molar-refractivity contribution is 5.83. The molecule has 1 N–H and O–H groups in total. The third kappa shape index (κ3) is 2.32. The Labute approximate surface area is 91.0 Å². The summed E-state index contributed by atoms with van der Waals surface area (Å²) in [6.07, 6.45) is 2.37. The maximum absolute atomic E-state index is 11.8. The molecule has 2 aliphatic rings. The number of hydrogen-bond acceptors (Lipinski definition) is 3. The normalized spacial score (nSPS) is 33.7. The maximum Gasteiger partial charge on any atom is 0.240 e. The van der Waals surface area contributed by atoms with Gasteiger partial charge in [-0.3, -0.25) is 10.1 Å². The Kier molecular flexibility index (Phi) is 3.26. The van der Waals surface area contributed by atoms with E-state index in [1.54, 1.807) is 0 Å². The van der Waals surface area contributed by atoms with Gasteiger partial charge in [0.05, 0.1) is 12.2 Å². The van der Waals surface area contributed by atoms with Crippen molar-refractivity contribution in [3.05, 3.63) is 0 Å². The van der Waals surface area contributed by atoms with E-state index < -0.39 is 0 Å². The molecule has 0 radical (unpaired) electrons. The van der Waals surface area contributed by atoms with Crippen molar-refractivity contribution in [2.45, 2.75) is 38.9 Å². The van der Waals surface area contributed by atoms with Crippen LogP contribution in [0, 0.1) is 5.92 Å². The molecular weight excluding hydrogens is 192 g/mol. The molecule has 0 aromatic carbocycles. The third-order valence-electron chi connectivity index (χ3n) is 3.41. The lowest BCUT2D eigenvalue weighted by Gasteiger charge is -2.29. The minimum atomic E-state index is -0.0140. The Morgan fingerprint density at radius 3 is 2.60 bits per heavy atom. The lowest BCUT2D eigenvalue weighted by molar-refractivity contribution is -0.130. The Balaban J connectivity index is 1.90. The van der Waals surface area contributed by atoms with Crippen molar-refractivity contribution in [3.63, 3.8) is 0 Å². The molecule has 2 aliphatic heterocycles. The van der Waals surface area contributed by atoms with Gasteiger partial charge >= 0.3 is 0 Å². The van der Waals surface area contributed by atoms with Crippen molar-refractivity contribution in [1.29, 1.82) is 0 Å². The van der Waals surface area contributed by atoms with Crippen LogP contribution in [-0.4, -0.2) is 42.8 Å². The predicted octanol–water partition coefficient (Wildman–Crippen LogP) is 0.579. The second kappa shape index (κ2) is 4.49. The Bertz CT molecular complexity index is 239. The lowest BCUT2D eigenvalue weighted by Crippen LogP contribution is -2.39. The number of carbonyl (C=O) groups excluding carboxylic acids is 1. The monoisotopic (exact) mass is 212 g/mol. The molecule has 2 heterocycles. The van der Waals surface area contributed by atoms with Crippen LogP contribution < -0.4 is 5.32 Å². The van der Waals surface area contributed by atoms with Gasteiger partial charge in [-0.2, -0.15) is 0 Å². The van der Waals surface area contributed by atoms with Gasteiger partial charge in [-0.05, 0) is 32.6 Å². The van der Waals surface area contributed by atoms with Gasteiger partial charge < -0.3 is 9.64 Å². The zero-order chi connectivity index (χ0) is 10.8. The first-order valence-corrected chi connectivity index (χ1v) is 5.82. The van der Waals surface area contributed by atoms with E-state index in [9.17, 15) is 4.79 Å². The molecular formula is C11H20N2O2. The van der Waals surface area contributed by atoms with Gasteiger partial charge in [0.15, 0.2) is 0 Å². The summed E-state index contributed by atoms with van der Waals surface area (Å²) in [6, 6.07) is -0.0140. The summed E-state index contributed by atoms with van der Waals surface area (Å²) < 4.78 is 5.32. The van der Waals surface area contributed by atoms with E-state index >= 15 is 0 Å². The molecule has 2 saturated heterocycles. The van der Waals surface area contributed by atoms with Gasteiger partial charge in [-0.25, -0.2) is 0 Å². The number of ether oxygens (including phenoxy) is 1. The predicted molar refractivity (Wildman–Crippen MR) is 57.3 cm³/mol. The van der Waals surface area contributed by atoms with Gasteiger partial charge in [-0.15, -0.1) is 0 Å². The number of nitrogens with one attached hydrogen (secondary N) is 1. The van der Waals surface area contributed by atoms with Crippen molar-refractivity contribution >= 4 is 5.91 Å². The van der Waals surface area contributed by atoms with Crippen LogP contribution >= 0.6 is 0 Å². The van der Waals surface area contributed by atoms with Crippen LogP contribution in [0.25, 0.3) is 0 Å². The van der Waals surface area contributed by atoms with Crippen molar-refractivity contribution < 1.29 is 9.53 Å². The van der Waals surface area contributed by atoms with Crippen LogP contribution in [0.1, 0.15) is 26.7 Å². The summed E-state index contributed by atoms with van der Waals surface area (Å²) in [5.41, 5.74) is 0. The summed E-state index contributed by atoms with van der Waals surface area (Å²) >= 11 is 0. The molecule has 0 aliphatic carbocycles. The van der Waals surface area contributed by atoms with Gasteiger partial charge in [-0.1, -0.05) is 0 Å². The summed E-state index contributed by atoms with van der Waals surface area (Å²) in [4.78, 5) is 13.8. The molecule has 0 aromatic heterocycles. The fraction of sp³-hybridized carbons (Fsp3) is 0.909. The van der Waals surface area contributed by atoms with Crippen LogP contribution in [0.2, 0.25) is 0 Å². The Morgan fingerprint density at radius 1 is 1.40 bits per heavy atom. The average molecular weight is 212 g/mol. The standard InChI is InChI=1S/C11H20N2O2/c1-8-11(14)13(9(2)12-8)7-10-3-5-15-6-4-10/h8-10,12H,3-7H2,1-2H3. The fourth-order valence-corrected chi connectivity index (χ4v) is 2.42. The van der Waals surface area contributed by atoms with Crippen molar-refractivity contribution in [1.82, 2.24) is 10.2 Å². The number of carbonyl (C=O) groups is 1. The summed E-state index contributed by atoms with van der Waals surface area (Å²) in [7, 11) is 0. The van der Waals surface area contributed by atoms with Crippen molar-refractivity contribution in [2.75, 3.05) is 19.8 Å². The van der Waals surface area contributed by atoms with Crippen LogP contribution in [0.5, 0.6) is 0 Å². The summed E-state index contributed by atoms with van der Waals surface area (Å²) in [5, 5.41) is 3.25. The first-order chi connectivity index (χ1) is 7.18. The third-order valence-corrected chi connectivity index (χ3v) is 3.41. The quantitative estimate of drug-likeness (QED) is 0.728. The molecule has 0 spiro atoms. The van der Waals surface area contributed by atoms with Gasteiger partial charge in [0.1, 0.15) is 0 Å². The first kappa shape index (κ1) is 10.9. The zero-order valence-electron chi connectivity index (χ0n) is 9.53. The van der Waals surface area contributed by atoms with Gasteiger partial charge in [0.25, 0.3) is 0 Å². The molecule has 4 heteroatoms. The van der Waals surface area contributed by atoms with E-state index in [0.717, 1.165) is 32.6 Å². The highest BCUT2D eigenvalue weighted by atomic mass is 16.5. The van der Waals surface area contributed by atoms with Crippen LogP contribution in [0.3, 0.4) is 0 Å². The Morgan fingerprint density at radius 2 is 2.07 bits per heavy atom. The second-order valence-corrected chi connectivity index (χ2v) is 4.61. The molecule has 1 amide bonds. The molecule has 0 bridgehead atoms. The molecule has 0 saturated carbocycles. The van der Waals surface area contributed by atoms with Crippen LogP contribution in [0.15, 0.2) is 0 Å². The van der Waals surface area contributed by atoms with E-state index in [1.165, 1.54) is 0 Å². The SMILES string of the molecule is CC1NC(C)N(CC2CCOCC2)C1=O. The first-order valence-electron chi connectivity index (χ1n) is 5.82. The van der Waals surface area contributed by atoms with E-state index in [2.05, 4.69) is 12.2 Å². The minimum absolute atomic E-state index is 0.0140. The number of nitrogens with zero attached hydrogens (tertiary/aromatic N) is 1. The highest BCUT2D eigenvalue weighted by Crippen LogP contribution is 2.19. The molecule has 2 unspecified atom stereocenters. The fourth-order valence-electron chi connectivity index (χ4n) is 2.42. The molecule has 2 fully saturated rings. The van der Waals surface area contributed by atoms with E-state index in [4.69, 9.17) is 4.74 Å². The average Bonchev–Trinajstić information content (AvgIpc) is 2.47. The van der Waals surface area contributed by atoms with Crippen molar-refractivity contribution in [2.24, 2.45) is 5.92 Å².